The van der Waals surface area contributed by atoms with Gasteiger partial charge in [0.05, 0.1) is 35.1 Å². The van der Waals surface area contributed by atoms with E-state index in [2.05, 4.69) is 197 Å². The van der Waals surface area contributed by atoms with Crippen molar-refractivity contribution in [2.45, 2.75) is 273 Å². The summed E-state index contributed by atoms with van der Waals surface area (Å²) >= 11 is 0. The Morgan fingerprint density at radius 2 is 1.30 bits per heavy atom. The molecule has 6 nitrogen and oxygen atoms in total. The van der Waals surface area contributed by atoms with Gasteiger partial charge in [0.25, 0.3) is 0 Å². The second-order valence-electron chi connectivity index (χ2n) is 26.2. The van der Waals surface area contributed by atoms with Crippen molar-refractivity contribution in [3.8, 4) is 12.3 Å². The van der Waals surface area contributed by atoms with Crippen molar-refractivity contribution >= 4 is 26.6 Å². The summed E-state index contributed by atoms with van der Waals surface area (Å²) in [7, 11) is -2.13. The Balaban J connectivity index is 0.000000395. The zero-order valence-electron chi connectivity index (χ0n) is 51.9. The highest BCUT2D eigenvalue weighted by atomic mass is 28.4. The summed E-state index contributed by atoms with van der Waals surface area (Å²) in [6.45, 7) is 49.8. The Morgan fingerprint density at radius 1 is 0.816 bits per heavy atom. The molecule has 0 bridgehead atoms. The van der Waals surface area contributed by atoms with Crippen molar-refractivity contribution in [2.75, 3.05) is 0 Å². The predicted octanol–water partition coefficient (Wildman–Crippen LogP) is 18.0. The molecule has 2 aromatic rings. The number of rotatable bonds is 24. The first-order chi connectivity index (χ1) is 35.2. The topological polar surface area (TPSA) is 88.4 Å². The molecule has 3 N–H and O–H groups in total. The molecule has 76 heavy (non-hydrogen) atoms. The smallest absolute Gasteiger partial charge is 0.409 e. The molecule has 0 spiro atoms. The fraction of sp³-hybridized carbons (Fsp3) is 0.647. The van der Waals surface area contributed by atoms with Gasteiger partial charge in [0, 0.05) is 12.8 Å². The van der Waals surface area contributed by atoms with Crippen molar-refractivity contribution in [3.05, 3.63) is 119 Å². The van der Waals surface area contributed by atoms with Crippen LogP contribution >= 0.6 is 0 Å². The van der Waals surface area contributed by atoms with Gasteiger partial charge in [-0.15, -0.1) is 12.3 Å². The third-order valence-electron chi connectivity index (χ3n) is 16.0. The van der Waals surface area contributed by atoms with Gasteiger partial charge in [-0.1, -0.05) is 181 Å². The molecule has 1 saturated heterocycles. The second kappa shape index (κ2) is 31.5. The summed E-state index contributed by atoms with van der Waals surface area (Å²) in [5.74, 6) is 5.41. The lowest BCUT2D eigenvalue weighted by Crippen LogP contribution is -2.50. The van der Waals surface area contributed by atoms with E-state index in [1.807, 2.05) is 19.9 Å². The van der Waals surface area contributed by atoms with Gasteiger partial charge in [0.15, 0.2) is 0 Å². The van der Waals surface area contributed by atoms with Crippen LogP contribution in [0, 0.1) is 23.7 Å². The van der Waals surface area contributed by atoms with Gasteiger partial charge in [-0.2, -0.15) is 0 Å². The molecule has 1 heterocycles. The molecule has 0 radical (unpaired) electrons. The van der Waals surface area contributed by atoms with E-state index < -0.39 is 26.1 Å². The number of aryl methyl sites for hydroxylation is 2. The average molecular weight is 1060 g/mol. The highest BCUT2D eigenvalue weighted by molar-refractivity contribution is 6.77. The second-order valence-corrected chi connectivity index (χ2v) is 31.7. The van der Waals surface area contributed by atoms with Crippen molar-refractivity contribution in [2.24, 2.45) is 11.3 Å². The third-order valence-corrected chi connectivity index (χ3v) is 22.2. The summed E-state index contributed by atoms with van der Waals surface area (Å²) in [5.41, 5.74) is 11.6. The number of allylic oxidation sites excluding steroid dienone is 4. The quantitative estimate of drug-likeness (QED) is 0.0420. The number of hydrogen-bond donors (Lipinski definition) is 3. The van der Waals surface area contributed by atoms with Crippen LogP contribution < -0.4 is 0 Å². The molecular formula is C68H111BO6Si. The van der Waals surface area contributed by atoms with E-state index in [0.29, 0.717) is 40.8 Å². The largest absolute Gasteiger partial charge is 0.487 e. The Labute approximate surface area is 469 Å². The summed E-state index contributed by atoms with van der Waals surface area (Å²) in [6.07, 6.45) is 22.0. The molecule has 0 amide bonds. The van der Waals surface area contributed by atoms with E-state index in [0.717, 1.165) is 74.5 Å². The van der Waals surface area contributed by atoms with E-state index >= 15 is 0 Å². The maximum Gasteiger partial charge on any atom is 0.487 e. The third kappa shape index (κ3) is 22.8. The van der Waals surface area contributed by atoms with Gasteiger partial charge in [-0.05, 0) is 185 Å². The maximum atomic E-state index is 10.0. The molecule has 8 heteroatoms. The van der Waals surface area contributed by atoms with Crippen molar-refractivity contribution in [3.63, 3.8) is 0 Å². The van der Waals surface area contributed by atoms with Gasteiger partial charge in [0.2, 0.25) is 8.32 Å². The van der Waals surface area contributed by atoms with Crippen LogP contribution in [0.15, 0.2) is 96.5 Å². The molecule has 4 atom stereocenters. The minimum atomic E-state index is -1.86. The van der Waals surface area contributed by atoms with E-state index in [1.165, 1.54) is 52.7 Å². The van der Waals surface area contributed by atoms with Gasteiger partial charge >= 0.3 is 7.12 Å². The highest BCUT2D eigenvalue weighted by Crippen LogP contribution is 2.44. The van der Waals surface area contributed by atoms with Crippen LogP contribution in [-0.4, -0.2) is 65.9 Å². The lowest BCUT2D eigenvalue weighted by molar-refractivity contribution is 0.00578. The number of terminal acetylenes is 1. The normalized spacial score (nSPS) is 19.6. The van der Waals surface area contributed by atoms with E-state index in [9.17, 15) is 15.3 Å². The molecule has 1 aliphatic heterocycles. The van der Waals surface area contributed by atoms with E-state index in [4.69, 9.17) is 20.2 Å². The first kappa shape index (κ1) is 68.8. The monoisotopic (exact) mass is 1060 g/mol. The predicted molar refractivity (Wildman–Crippen MR) is 333 cm³/mol. The Morgan fingerprint density at radius 3 is 1.74 bits per heavy atom. The van der Waals surface area contributed by atoms with E-state index in [1.54, 1.807) is 0 Å². The number of unbranched alkanes of at least 4 members (excludes halogenated alkanes) is 2. The lowest BCUT2D eigenvalue weighted by Gasteiger charge is -2.45. The van der Waals surface area contributed by atoms with Crippen LogP contribution in [0.5, 0.6) is 0 Å². The van der Waals surface area contributed by atoms with Crippen LogP contribution in [0.2, 0.25) is 16.6 Å². The fourth-order valence-electron chi connectivity index (χ4n) is 10.8. The summed E-state index contributed by atoms with van der Waals surface area (Å²) in [5, 5.41) is 29.8. The molecule has 2 fully saturated rings. The number of hydrogen-bond acceptors (Lipinski definition) is 6. The van der Waals surface area contributed by atoms with Gasteiger partial charge < -0.3 is 29.1 Å². The fourth-order valence-corrected chi connectivity index (χ4v) is 16.4. The number of aliphatic hydroxyl groups excluding tert-OH is 2. The van der Waals surface area contributed by atoms with Crippen LogP contribution in [0.3, 0.4) is 0 Å². The minimum absolute atomic E-state index is 0.146. The summed E-state index contributed by atoms with van der Waals surface area (Å²) < 4.78 is 19.2. The Hall–Kier alpha value is -3.26. The molecule has 426 valence electrons. The van der Waals surface area contributed by atoms with Crippen LogP contribution in [0.25, 0.3) is 11.1 Å². The zero-order chi connectivity index (χ0) is 57.8. The highest BCUT2D eigenvalue weighted by Gasteiger charge is 2.50. The SMILES string of the molecule is C#CC[C@@H](C)C[C@H](O[Si](C(C)C)(C(C)C)C(C)C)C(=C)C.C=C1/C(=C\C=C(/CC)c2cccc(CCCCC(C)(C)O)c2)C[C@@H](O)C[C@@H]1O.CC/C(=C\B1OC(C)(C)C(C)(C)O1)c1cccc(CCCCC(C)(C)C)c1. The van der Waals surface area contributed by atoms with Crippen molar-refractivity contribution in [1.82, 2.24) is 0 Å². The minimum Gasteiger partial charge on any atom is -0.409 e. The van der Waals surface area contributed by atoms with Gasteiger partial charge in [0.1, 0.15) is 0 Å². The van der Waals surface area contributed by atoms with Crippen molar-refractivity contribution in [1.29, 1.82) is 0 Å². The van der Waals surface area contributed by atoms with Crippen LogP contribution in [0.4, 0.5) is 0 Å². The first-order valence-electron chi connectivity index (χ1n) is 29.4. The van der Waals surface area contributed by atoms with Crippen LogP contribution in [-0.2, 0) is 26.6 Å². The molecule has 4 rings (SSSR count). The van der Waals surface area contributed by atoms with Crippen molar-refractivity contribution < 1.29 is 29.1 Å². The average Bonchev–Trinajstić information content (AvgIpc) is 3.52. The zero-order valence-corrected chi connectivity index (χ0v) is 52.9. The molecule has 0 aromatic heterocycles. The van der Waals surface area contributed by atoms with Crippen LogP contribution in [0.1, 0.15) is 231 Å². The molecule has 2 aromatic carbocycles. The molecular weight excluding hydrogens is 952 g/mol. The Kier molecular flexibility index (Phi) is 28.5. The summed E-state index contributed by atoms with van der Waals surface area (Å²) in [6, 6.07) is 17.6. The van der Waals surface area contributed by atoms with Gasteiger partial charge in [-0.25, -0.2) is 0 Å². The molecule has 1 saturated carbocycles. The molecule has 1 aliphatic carbocycles. The van der Waals surface area contributed by atoms with E-state index in [-0.39, 0.29) is 24.4 Å². The maximum absolute atomic E-state index is 10.0. The Bertz CT molecular complexity index is 2190. The van der Waals surface area contributed by atoms with Gasteiger partial charge in [-0.3, -0.25) is 0 Å². The first-order valence-corrected chi connectivity index (χ1v) is 31.5. The number of aliphatic hydroxyl groups is 3. The molecule has 2 aliphatic rings. The lowest BCUT2D eigenvalue weighted by atomic mass is 9.83. The molecule has 0 unspecified atom stereocenters. The summed E-state index contributed by atoms with van der Waals surface area (Å²) in [4.78, 5) is 0. The standard InChI is InChI=1S/C25H36O3.C24H39BO2.C19H36OSi/c1-5-20(12-13-21-16-23(26)17-24(27)18(21)2)22-11-8-10-19(15-22)9-6-7-14-25(3,4)28;1-9-20(18-25-26-23(5,6)24(7,8)27-25)21-15-12-14-19(17-21)13-10-11-16-22(2,3)4;1-11-12-18(10)13-19(14(2)3)20-21(15(4)5,16(6)7)17(8)9/h8,10-13,15,23-24,26-28H,2,5-7,9,14,16-17H2,1,3-4H3;12,14-15,17-18H,9-11,13,16H2,1-8H3;1,15-19H,2,12-13H2,3-10H3/b20-12+,21-13-;20-18+;/t23-,24+;;18-,19+/m1.1/s1. The number of benzene rings is 2.